The van der Waals surface area contributed by atoms with E-state index in [1.807, 2.05) is 0 Å². The average Bonchev–Trinajstić information content (AvgIpc) is 2.38. The fraction of sp³-hybridized carbons (Fsp3) is 0.538. The summed E-state index contributed by atoms with van der Waals surface area (Å²) in [7, 11) is -2.39. The summed E-state index contributed by atoms with van der Waals surface area (Å²) < 4.78 is 40.7. The van der Waals surface area contributed by atoms with Gasteiger partial charge < -0.3 is 0 Å². The second-order valence-electron chi connectivity index (χ2n) is 4.96. The van der Waals surface area contributed by atoms with Gasteiger partial charge in [-0.1, -0.05) is 28.8 Å². The van der Waals surface area contributed by atoms with Crippen molar-refractivity contribution in [2.24, 2.45) is 0 Å². The van der Waals surface area contributed by atoms with E-state index in [1.165, 1.54) is 23.5 Å². The fourth-order valence-corrected chi connectivity index (χ4v) is 4.81. The van der Waals surface area contributed by atoms with E-state index in [4.69, 9.17) is 11.6 Å². The molecule has 1 aliphatic rings. The Hall–Kier alpha value is -0.170. The molecule has 0 radical (unpaired) electrons. The molecule has 20 heavy (non-hydrogen) atoms. The second kappa shape index (κ2) is 6.30. The maximum absolute atomic E-state index is 13.9. The van der Waals surface area contributed by atoms with Gasteiger partial charge in [0.25, 0.3) is 0 Å². The molecule has 0 N–H and O–H groups in total. The predicted octanol–water partition coefficient (Wildman–Crippen LogP) is 3.76. The SMILES string of the molecule is CN(C1CCCCC1Cl)S(=O)(=O)c1ccc(Br)cc1F. The molecule has 0 amide bonds. The van der Waals surface area contributed by atoms with E-state index in [2.05, 4.69) is 15.9 Å². The third kappa shape index (κ3) is 3.18. The van der Waals surface area contributed by atoms with Crippen molar-refractivity contribution in [3.05, 3.63) is 28.5 Å². The number of nitrogens with zero attached hydrogens (tertiary/aromatic N) is 1. The molecule has 2 rings (SSSR count). The summed E-state index contributed by atoms with van der Waals surface area (Å²) >= 11 is 9.35. The van der Waals surface area contributed by atoms with Crippen LogP contribution in [0.5, 0.6) is 0 Å². The Bertz CT molecular complexity index is 596. The first-order chi connectivity index (χ1) is 9.34. The van der Waals surface area contributed by atoms with Crippen molar-refractivity contribution >= 4 is 37.6 Å². The molecule has 2 atom stereocenters. The molecule has 3 nitrogen and oxygen atoms in total. The summed E-state index contributed by atoms with van der Waals surface area (Å²) in [6.07, 6.45) is 3.44. The molecule has 0 heterocycles. The number of benzene rings is 1. The van der Waals surface area contributed by atoms with Crippen LogP contribution in [0.15, 0.2) is 27.6 Å². The van der Waals surface area contributed by atoms with Crippen LogP contribution in [-0.2, 0) is 10.0 Å². The first-order valence-electron chi connectivity index (χ1n) is 6.41. The van der Waals surface area contributed by atoms with E-state index in [0.29, 0.717) is 10.9 Å². The average molecular weight is 385 g/mol. The van der Waals surface area contributed by atoms with Gasteiger partial charge in [-0.25, -0.2) is 12.8 Å². The van der Waals surface area contributed by atoms with Crippen molar-refractivity contribution in [2.75, 3.05) is 7.05 Å². The maximum atomic E-state index is 13.9. The Kier molecular flexibility index (Phi) is 5.10. The minimum Gasteiger partial charge on any atom is -0.207 e. The molecule has 0 aromatic heterocycles. The van der Waals surface area contributed by atoms with Crippen molar-refractivity contribution in [3.8, 4) is 0 Å². The molecular formula is C13H16BrClFNO2S. The molecule has 0 bridgehead atoms. The first kappa shape index (κ1) is 16.2. The summed E-state index contributed by atoms with van der Waals surface area (Å²) in [5.74, 6) is -0.756. The smallest absolute Gasteiger partial charge is 0.207 e. The highest BCUT2D eigenvalue weighted by Gasteiger charge is 2.35. The van der Waals surface area contributed by atoms with Crippen LogP contribution in [0.1, 0.15) is 25.7 Å². The van der Waals surface area contributed by atoms with Gasteiger partial charge in [0.2, 0.25) is 10.0 Å². The van der Waals surface area contributed by atoms with Crippen LogP contribution in [0.2, 0.25) is 0 Å². The zero-order chi connectivity index (χ0) is 14.9. The Labute approximate surface area is 132 Å². The number of alkyl halides is 1. The van der Waals surface area contributed by atoms with Gasteiger partial charge in [-0.2, -0.15) is 4.31 Å². The lowest BCUT2D eigenvalue weighted by molar-refractivity contribution is 0.290. The molecular weight excluding hydrogens is 369 g/mol. The molecule has 7 heteroatoms. The van der Waals surface area contributed by atoms with Crippen molar-refractivity contribution in [3.63, 3.8) is 0 Å². The lowest BCUT2D eigenvalue weighted by Crippen LogP contribution is -2.44. The molecule has 1 fully saturated rings. The monoisotopic (exact) mass is 383 g/mol. The number of halogens is 3. The van der Waals surface area contributed by atoms with Gasteiger partial charge in [0.1, 0.15) is 10.7 Å². The van der Waals surface area contributed by atoms with Crippen molar-refractivity contribution < 1.29 is 12.8 Å². The normalized spacial score (nSPS) is 24.1. The Balaban J connectivity index is 2.33. The van der Waals surface area contributed by atoms with E-state index >= 15 is 0 Å². The van der Waals surface area contributed by atoms with Crippen LogP contribution in [0.25, 0.3) is 0 Å². The molecule has 0 aliphatic heterocycles. The highest BCUT2D eigenvalue weighted by molar-refractivity contribution is 9.10. The summed E-state index contributed by atoms with van der Waals surface area (Å²) in [5, 5.41) is -0.220. The highest BCUT2D eigenvalue weighted by Crippen LogP contribution is 2.31. The predicted molar refractivity (Wildman–Crippen MR) is 80.9 cm³/mol. The third-order valence-electron chi connectivity index (χ3n) is 3.67. The fourth-order valence-electron chi connectivity index (χ4n) is 2.49. The van der Waals surface area contributed by atoms with E-state index < -0.39 is 15.8 Å². The van der Waals surface area contributed by atoms with Crippen LogP contribution in [0, 0.1) is 5.82 Å². The van der Waals surface area contributed by atoms with Gasteiger partial charge in [0.05, 0.1) is 5.38 Å². The second-order valence-corrected chi connectivity index (χ2v) is 8.41. The standard InChI is InChI=1S/C13H16BrClFNO2S/c1-17(12-5-3-2-4-10(12)15)20(18,19)13-7-6-9(14)8-11(13)16/h6-8,10,12H,2-5H2,1H3. The van der Waals surface area contributed by atoms with Crippen molar-refractivity contribution in [2.45, 2.75) is 42.0 Å². The van der Waals surface area contributed by atoms with Crippen LogP contribution in [0.4, 0.5) is 4.39 Å². The number of hydrogen-bond donors (Lipinski definition) is 0. The third-order valence-corrected chi connectivity index (χ3v) is 6.58. The van der Waals surface area contributed by atoms with Gasteiger partial charge >= 0.3 is 0 Å². The zero-order valence-corrected chi connectivity index (χ0v) is 14.2. The quantitative estimate of drug-likeness (QED) is 0.744. The summed E-state index contributed by atoms with van der Waals surface area (Å²) in [4.78, 5) is -0.308. The van der Waals surface area contributed by atoms with Crippen LogP contribution < -0.4 is 0 Å². The number of sulfonamides is 1. The van der Waals surface area contributed by atoms with Gasteiger partial charge in [-0.3, -0.25) is 0 Å². The Morgan fingerprint density at radius 2 is 2.00 bits per heavy atom. The molecule has 2 unspecified atom stereocenters. The summed E-state index contributed by atoms with van der Waals surface area (Å²) in [6, 6.07) is 3.67. The minimum atomic E-state index is -3.87. The van der Waals surface area contributed by atoms with Gasteiger partial charge in [0, 0.05) is 17.6 Å². The highest BCUT2D eigenvalue weighted by atomic mass is 79.9. The van der Waals surface area contributed by atoms with E-state index in [0.717, 1.165) is 25.3 Å². The number of rotatable bonds is 3. The van der Waals surface area contributed by atoms with Crippen molar-refractivity contribution in [1.29, 1.82) is 0 Å². The van der Waals surface area contributed by atoms with Gasteiger partial charge in [-0.15, -0.1) is 11.6 Å². The molecule has 0 saturated heterocycles. The molecule has 1 saturated carbocycles. The van der Waals surface area contributed by atoms with Crippen LogP contribution in [0.3, 0.4) is 0 Å². The topological polar surface area (TPSA) is 37.4 Å². The molecule has 1 aliphatic carbocycles. The minimum absolute atomic E-state index is 0.220. The lowest BCUT2D eigenvalue weighted by atomic mass is 9.95. The molecule has 0 spiro atoms. The summed E-state index contributed by atoms with van der Waals surface area (Å²) in [6.45, 7) is 0. The zero-order valence-electron chi connectivity index (χ0n) is 11.0. The number of hydrogen-bond acceptors (Lipinski definition) is 2. The Morgan fingerprint density at radius 1 is 1.35 bits per heavy atom. The Morgan fingerprint density at radius 3 is 2.60 bits per heavy atom. The van der Waals surface area contributed by atoms with Crippen LogP contribution in [-0.4, -0.2) is 31.2 Å². The van der Waals surface area contributed by atoms with Gasteiger partial charge in [0.15, 0.2) is 0 Å². The van der Waals surface area contributed by atoms with Crippen molar-refractivity contribution in [1.82, 2.24) is 4.31 Å². The van der Waals surface area contributed by atoms with Crippen LogP contribution >= 0.6 is 27.5 Å². The molecule has 112 valence electrons. The van der Waals surface area contributed by atoms with E-state index in [1.54, 1.807) is 0 Å². The summed E-state index contributed by atoms with van der Waals surface area (Å²) in [5.41, 5.74) is 0. The maximum Gasteiger partial charge on any atom is 0.246 e. The molecule has 1 aromatic rings. The first-order valence-corrected chi connectivity index (χ1v) is 9.08. The van der Waals surface area contributed by atoms with E-state index in [9.17, 15) is 12.8 Å². The van der Waals surface area contributed by atoms with E-state index in [-0.39, 0.29) is 16.3 Å². The lowest BCUT2D eigenvalue weighted by Gasteiger charge is -2.34. The molecule has 1 aromatic carbocycles. The largest absolute Gasteiger partial charge is 0.246 e. The van der Waals surface area contributed by atoms with Gasteiger partial charge in [-0.05, 0) is 31.0 Å².